The summed E-state index contributed by atoms with van der Waals surface area (Å²) in [6.45, 7) is 19.2. The maximum atomic E-state index is 11.8. The van der Waals surface area contributed by atoms with Gasteiger partial charge in [0.05, 0.1) is 4.92 Å². The standard InChI is InChI=1S/C18H25N3O4.C18H27N3O2.CH4O.CH4/c1-12-7-14(21(23)24)5-6-15(12)20-10-18(11-20)8-13(9-18)19-16(22)25-17(2,3)4;1-12-7-13(19)5-6-15(12)21-10-18(11-21)8-14(9-18)20-16(22)23-17(2,3)4;1-2;/h5-7,13H,8-11H2,1-4H3,(H,19,22);5-7,14H,8-11,19H2,1-4H3,(H,20,22);2H,1H3;1H4. The molecular weight excluding hydrogens is 652 g/mol. The number of carbonyl (C=O) groups is 2. The van der Waals surface area contributed by atoms with Gasteiger partial charge >= 0.3 is 12.2 Å². The molecule has 0 radical (unpaired) electrons. The van der Waals surface area contributed by atoms with Crippen LogP contribution >= 0.6 is 0 Å². The second kappa shape index (κ2) is 15.5. The molecule has 0 aromatic heterocycles. The van der Waals surface area contributed by atoms with E-state index < -0.39 is 11.2 Å². The first kappa shape index (κ1) is 41.2. The third-order valence-electron chi connectivity index (χ3n) is 9.56. The van der Waals surface area contributed by atoms with E-state index in [0.717, 1.165) is 75.9 Å². The zero-order valence-corrected chi connectivity index (χ0v) is 31.1. The van der Waals surface area contributed by atoms with E-state index in [2.05, 4.69) is 33.4 Å². The molecule has 4 fully saturated rings. The lowest BCUT2D eigenvalue weighted by atomic mass is 9.60. The maximum absolute atomic E-state index is 11.8. The Balaban J connectivity index is 0.000000259. The molecule has 2 spiro atoms. The number of nitrogens with one attached hydrogen (secondary N) is 2. The van der Waals surface area contributed by atoms with Gasteiger partial charge in [0.25, 0.3) is 5.69 Å². The zero-order chi connectivity index (χ0) is 37.2. The van der Waals surface area contributed by atoms with E-state index in [-0.39, 0.29) is 47.7 Å². The lowest BCUT2D eigenvalue weighted by molar-refractivity contribution is -0.384. The van der Waals surface area contributed by atoms with Gasteiger partial charge in [-0.15, -0.1) is 0 Å². The maximum Gasteiger partial charge on any atom is 0.407 e. The average molecular weight is 713 g/mol. The van der Waals surface area contributed by atoms with Gasteiger partial charge in [-0.05, 0) is 116 Å². The van der Waals surface area contributed by atoms with Crippen LogP contribution in [0.25, 0.3) is 0 Å². The van der Waals surface area contributed by atoms with E-state index in [0.29, 0.717) is 5.41 Å². The number of aryl methyl sites for hydroxylation is 2. The Labute approximate surface area is 303 Å². The fourth-order valence-electron chi connectivity index (χ4n) is 7.65. The third-order valence-corrected chi connectivity index (χ3v) is 9.56. The van der Waals surface area contributed by atoms with Crippen molar-refractivity contribution in [1.82, 2.24) is 10.6 Å². The molecular formula is C38H60N6O7. The Hall–Kier alpha value is -4.26. The van der Waals surface area contributed by atoms with Gasteiger partial charge in [-0.2, -0.15) is 0 Å². The van der Waals surface area contributed by atoms with E-state index >= 15 is 0 Å². The first-order chi connectivity index (χ1) is 23.2. The smallest absolute Gasteiger partial charge is 0.407 e. The largest absolute Gasteiger partial charge is 0.444 e. The van der Waals surface area contributed by atoms with E-state index in [1.807, 2.05) is 66.7 Å². The molecule has 51 heavy (non-hydrogen) atoms. The summed E-state index contributed by atoms with van der Waals surface area (Å²) in [5.74, 6) is 0. The Morgan fingerprint density at radius 1 is 0.784 bits per heavy atom. The number of nitrogens with zero attached hydrogens (tertiary/aromatic N) is 3. The summed E-state index contributed by atoms with van der Waals surface area (Å²) in [5.41, 5.74) is 10.9. The predicted molar refractivity (Wildman–Crippen MR) is 202 cm³/mol. The fourth-order valence-corrected chi connectivity index (χ4v) is 7.65. The molecule has 4 aliphatic rings. The number of aliphatic hydroxyl groups is 1. The van der Waals surface area contributed by atoms with Gasteiger partial charge in [0.1, 0.15) is 11.2 Å². The van der Waals surface area contributed by atoms with Crippen LogP contribution in [0.3, 0.4) is 0 Å². The van der Waals surface area contributed by atoms with Crippen LogP contribution in [0.15, 0.2) is 36.4 Å². The topological polar surface area (TPSA) is 173 Å². The molecule has 2 aromatic rings. The monoisotopic (exact) mass is 712 g/mol. The Morgan fingerprint density at radius 3 is 1.49 bits per heavy atom. The normalized spacial score (nSPS) is 18.5. The zero-order valence-electron chi connectivity index (χ0n) is 31.1. The summed E-state index contributed by atoms with van der Waals surface area (Å²) in [7, 11) is 1.00. The van der Waals surface area contributed by atoms with Crippen molar-refractivity contribution < 1.29 is 29.1 Å². The number of nitro benzene ring substituents is 1. The van der Waals surface area contributed by atoms with Crippen LogP contribution < -0.4 is 26.2 Å². The van der Waals surface area contributed by atoms with E-state index in [4.69, 9.17) is 20.3 Å². The molecule has 2 saturated heterocycles. The van der Waals surface area contributed by atoms with Crippen molar-refractivity contribution in [3.8, 4) is 0 Å². The number of amides is 2. The number of anilines is 3. The molecule has 2 heterocycles. The highest BCUT2D eigenvalue weighted by Crippen LogP contribution is 2.51. The minimum absolute atomic E-state index is 0. The van der Waals surface area contributed by atoms with Crippen molar-refractivity contribution in [2.45, 2.75) is 112 Å². The summed E-state index contributed by atoms with van der Waals surface area (Å²) in [4.78, 5) is 38.7. The van der Waals surface area contributed by atoms with Crippen LogP contribution in [0.5, 0.6) is 0 Å². The second-order valence-corrected chi connectivity index (χ2v) is 16.5. The molecule has 2 aliphatic carbocycles. The summed E-state index contributed by atoms with van der Waals surface area (Å²) >= 11 is 0. The highest BCUT2D eigenvalue weighted by atomic mass is 16.6. The number of nitro groups is 1. The Kier molecular flexibility index (Phi) is 12.5. The van der Waals surface area contributed by atoms with Crippen LogP contribution in [0.4, 0.5) is 32.3 Å². The lowest BCUT2D eigenvalue weighted by Crippen LogP contribution is -2.67. The van der Waals surface area contributed by atoms with Gasteiger partial charge in [0.15, 0.2) is 0 Å². The number of benzene rings is 2. The van der Waals surface area contributed by atoms with Gasteiger partial charge in [-0.3, -0.25) is 10.1 Å². The van der Waals surface area contributed by atoms with E-state index in [1.54, 1.807) is 12.1 Å². The number of hydrogen-bond donors (Lipinski definition) is 4. The van der Waals surface area contributed by atoms with Crippen molar-refractivity contribution in [3.63, 3.8) is 0 Å². The van der Waals surface area contributed by atoms with Gasteiger partial charge in [-0.1, -0.05) is 7.43 Å². The summed E-state index contributed by atoms with van der Waals surface area (Å²) < 4.78 is 10.6. The molecule has 2 aliphatic heterocycles. The highest BCUT2D eigenvalue weighted by Gasteiger charge is 2.54. The number of aliphatic hydroxyl groups excluding tert-OH is 1. The number of nitrogens with two attached hydrogens (primary N) is 1. The van der Waals surface area contributed by atoms with Crippen molar-refractivity contribution in [1.29, 1.82) is 0 Å². The van der Waals surface area contributed by atoms with Gasteiger partial charge in [0, 0.05) is 85.4 Å². The average Bonchev–Trinajstić information content (AvgIpc) is 2.90. The Bertz CT molecular complexity index is 1540. The highest BCUT2D eigenvalue weighted by molar-refractivity contribution is 5.69. The predicted octanol–water partition coefficient (Wildman–Crippen LogP) is 6.71. The van der Waals surface area contributed by atoms with Crippen molar-refractivity contribution in [2.24, 2.45) is 10.8 Å². The SMILES string of the molecule is C.CO.Cc1cc(N)ccc1N1CC2(CC(NC(=O)OC(C)(C)C)C2)C1.Cc1cc([N+](=O)[O-])ccc1N1CC2(CC(NC(=O)OC(C)(C)C)C2)C1. The molecule has 2 saturated carbocycles. The summed E-state index contributed by atoms with van der Waals surface area (Å²) in [6.07, 6.45) is 3.33. The minimum atomic E-state index is -0.480. The van der Waals surface area contributed by atoms with Crippen molar-refractivity contribution in [2.75, 3.05) is 48.8 Å². The summed E-state index contributed by atoms with van der Waals surface area (Å²) in [6, 6.07) is 11.5. The van der Waals surface area contributed by atoms with Crippen LogP contribution in [-0.2, 0) is 9.47 Å². The van der Waals surface area contributed by atoms with E-state index in [9.17, 15) is 19.7 Å². The van der Waals surface area contributed by atoms with Crippen LogP contribution in [0.1, 0.15) is 85.8 Å². The van der Waals surface area contributed by atoms with Gasteiger partial charge < -0.3 is 40.7 Å². The molecule has 284 valence electrons. The molecule has 2 aromatic carbocycles. The number of non-ortho nitro benzene ring substituents is 1. The number of alkyl carbamates (subject to hydrolysis) is 2. The number of carbonyl (C=O) groups excluding carboxylic acids is 2. The number of ether oxygens (including phenoxy) is 2. The fraction of sp³-hybridized carbons (Fsp3) is 0.632. The first-order valence-corrected chi connectivity index (χ1v) is 17.3. The third kappa shape index (κ3) is 10.4. The van der Waals surface area contributed by atoms with Gasteiger partial charge in [0.2, 0.25) is 0 Å². The Morgan fingerprint density at radius 2 is 1.16 bits per heavy atom. The molecule has 6 rings (SSSR count). The molecule has 5 N–H and O–H groups in total. The molecule has 2 amide bonds. The van der Waals surface area contributed by atoms with Crippen LogP contribution in [0.2, 0.25) is 0 Å². The molecule has 0 bridgehead atoms. The van der Waals surface area contributed by atoms with Crippen molar-refractivity contribution in [3.05, 3.63) is 57.6 Å². The van der Waals surface area contributed by atoms with Crippen molar-refractivity contribution >= 4 is 34.9 Å². The molecule has 13 nitrogen and oxygen atoms in total. The lowest BCUT2D eigenvalue weighted by Gasteiger charge is -2.60. The molecule has 0 unspecified atom stereocenters. The molecule has 13 heteroatoms. The number of hydrogen-bond acceptors (Lipinski definition) is 10. The quantitative estimate of drug-likeness (QED) is 0.148. The number of nitrogen functional groups attached to an aromatic ring is 1. The van der Waals surface area contributed by atoms with Crippen LogP contribution in [-0.4, -0.2) is 78.8 Å². The molecule has 0 atom stereocenters. The second-order valence-electron chi connectivity index (χ2n) is 16.5. The van der Waals surface area contributed by atoms with Crippen LogP contribution in [0, 0.1) is 34.8 Å². The summed E-state index contributed by atoms with van der Waals surface area (Å²) in [5, 5.41) is 23.7. The minimum Gasteiger partial charge on any atom is -0.444 e. The number of rotatable bonds is 5. The van der Waals surface area contributed by atoms with E-state index in [1.165, 1.54) is 11.3 Å². The van der Waals surface area contributed by atoms with Gasteiger partial charge in [-0.25, -0.2) is 9.59 Å². The first-order valence-electron chi connectivity index (χ1n) is 17.3.